The summed E-state index contributed by atoms with van der Waals surface area (Å²) in [5.74, 6) is 0. The number of fused-ring (bicyclic) bond motifs is 1. The van der Waals surface area contributed by atoms with Crippen molar-refractivity contribution >= 4 is 10.9 Å². The van der Waals surface area contributed by atoms with Crippen LogP contribution in [0.2, 0.25) is 0 Å². The molecule has 2 aromatic heterocycles. The number of nitrogens with one attached hydrogen (secondary N) is 2. The Bertz CT molecular complexity index is 809. The zero-order chi connectivity index (χ0) is 14.7. The fourth-order valence-electron chi connectivity index (χ4n) is 2.34. The zero-order valence-electron chi connectivity index (χ0n) is 11.9. The molecule has 0 atom stereocenters. The predicted octanol–water partition coefficient (Wildman–Crippen LogP) is 2.52. The standard InChI is InChI=1S/C17H17N3O/c1-12-4-5-14-8-15(17(21)20-16(14)7-12)11-19-10-13-3-2-6-18-9-13/h2-9,19H,10-11H2,1H3,(H,20,21). The van der Waals surface area contributed by atoms with Crippen molar-refractivity contribution in [2.24, 2.45) is 0 Å². The summed E-state index contributed by atoms with van der Waals surface area (Å²) in [6, 6.07) is 11.9. The molecule has 106 valence electrons. The third kappa shape index (κ3) is 3.17. The molecule has 0 aliphatic heterocycles. The molecule has 0 saturated heterocycles. The molecular formula is C17H17N3O. The first-order chi connectivity index (χ1) is 10.2. The van der Waals surface area contributed by atoms with E-state index >= 15 is 0 Å². The minimum atomic E-state index is -0.0354. The third-order valence-corrected chi connectivity index (χ3v) is 3.45. The van der Waals surface area contributed by atoms with Gasteiger partial charge in [-0.25, -0.2) is 0 Å². The smallest absolute Gasteiger partial charge is 0.252 e. The van der Waals surface area contributed by atoms with Crippen LogP contribution in [-0.4, -0.2) is 9.97 Å². The zero-order valence-corrected chi connectivity index (χ0v) is 11.9. The molecule has 0 spiro atoms. The van der Waals surface area contributed by atoms with Crippen molar-refractivity contribution in [3.63, 3.8) is 0 Å². The van der Waals surface area contributed by atoms with E-state index < -0.39 is 0 Å². The van der Waals surface area contributed by atoms with E-state index in [1.807, 2.05) is 49.5 Å². The molecule has 4 nitrogen and oxygen atoms in total. The number of rotatable bonds is 4. The van der Waals surface area contributed by atoms with Crippen molar-refractivity contribution in [3.05, 3.63) is 75.8 Å². The summed E-state index contributed by atoms with van der Waals surface area (Å²) in [6.45, 7) is 3.24. The van der Waals surface area contributed by atoms with Crippen molar-refractivity contribution in [1.29, 1.82) is 0 Å². The molecule has 0 amide bonds. The number of benzene rings is 1. The van der Waals surface area contributed by atoms with Gasteiger partial charge in [0, 0.05) is 36.6 Å². The van der Waals surface area contributed by atoms with E-state index in [4.69, 9.17) is 0 Å². The highest BCUT2D eigenvalue weighted by Gasteiger charge is 2.03. The van der Waals surface area contributed by atoms with Crippen LogP contribution in [0, 0.1) is 6.92 Å². The Morgan fingerprint density at radius 1 is 1.19 bits per heavy atom. The molecule has 3 rings (SSSR count). The molecule has 0 unspecified atom stereocenters. The van der Waals surface area contributed by atoms with Crippen molar-refractivity contribution in [3.8, 4) is 0 Å². The van der Waals surface area contributed by atoms with Crippen LogP contribution in [0.25, 0.3) is 10.9 Å². The Morgan fingerprint density at radius 2 is 2.10 bits per heavy atom. The summed E-state index contributed by atoms with van der Waals surface area (Å²) in [7, 11) is 0. The maximum atomic E-state index is 12.1. The summed E-state index contributed by atoms with van der Waals surface area (Å²) >= 11 is 0. The molecule has 0 saturated carbocycles. The van der Waals surface area contributed by atoms with E-state index in [-0.39, 0.29) is 5.56 Å². The van der Waals surface area contributed by atoms with Crippen LogP contribution in [0.5, 0.6) is 0 Å². The molecule has 21 heavy (non-hydrogen) atoms. The van der Waals surface area contributed by atoms with Gasteiger partial charge in [0.05, 0.1) is 0 Å². The predicted molar refractivity (Wildman–Crippen MR) is 84.1 cm³/mol. The van der Waals surface area contributed by atoms with Gasteiger partial charge in [0.25, 0.3) is 5.56 Å². The topological polar surface area (TPSA) is 57.8 Å². The van der Waals surface area contributed by atoms with E-state index in [0.717, 1.165) is 27.6 Å². The number of nitrogens with zero attached hydrogens (tertiary/aromatic N) is 1. The first kappa shape index (κ1) is 13.5. The molecule has 0 fully saturated rings. The lowest BCUT2D eigenvalue weighted by Crippen LogP contribution is -2.20. The van der Waals surface area contributed by atoms with Gasteiger partial charge in [-0.2, -0.15) is 0 Å². The van der Waals surface area contributed by atoms with E-state index in [9.17, 15) is 4.79 Å². The molecule has 0 aliphatic rings. The number of aryl methyl sites for hydroxylation is 1. The Hall–Kier alpha value is -2.46. The molecular weight excluding hydrogens is 262 g/mol. The monoisotopic (exact) mass is 279 g/mol. The molecule has 0 aliphatic carbocycles. The molecule has 2 N–H and O–H groups in total. The SMILES string of the molecule is Cc1ccc2cc(CNCc3cccnc3)c(=O)[nH]c2c1. The lowest BCUT2D eigenvalue weighted by atomic mass is 10.1. The number of aromatic nitrogens is 2. The molecule has 0 radical (unpaired) electrons. The van der Waals surface area contributed by atoms with Gasteiger partial charge < -0.3 is 10.3 Å². The maximum Gasteiger partial charge on any atom is 0.252 e. The highest BCUT2D eigenvalue weighted by molar-refractivity contribution is 5.79. The largest absolute Gasteiger partial charge is 0.322 e. The van der Waals surface area contributed by atoms with Crippen LogP contribution in [0.15, 0.2) is 53.6 Å². The minimum Gasteiger partial charge on any atom is -0.322 e. The summed E-state index contributed by atoms with van der Waals surface area (Å²) in [5.41, 5.74) is 3.84. The first-order valence-corrected chi connectivity index (χ1v) is 6.94. The second-order valence-corrected chi connectivity index (χ2v) is 5.18. The van der Waals surface area contributed by atoms with Crippen molar-refractivity contribution in [2.75, 3.05) is 0 Å². The Kier molecular flexibility index (Phi) is 3.79. The van der Waals surface area contributed by atoms with Gasteiger partial charge in [-0.15, -0.1) is 0 Å². The lowest BCUT2D eigenvalue weighted by molar-refractivity contribution is 0.687. The van der Waals surface area contributed by atoms with Gasteiger partial charge in [-0.05, 0) is 41.6 Å². The van der Waals surface area contributed by atoms with Gasteiger partial charge in [-0.3, -0.25) is 9.78 Å². The molecule has 0 bridgehead atoms. The van der Waals surface area contributed by atoms with Crippen LogP contribution in [0.3, 0.4) is 0 Å². The minimum absolute atomic E-state index is 0.0354. The third-order valence-electron chi connectivity index (χ3n) is 3.45. The van der Waals surface area contributed by atoms with E-state index in [1.165, 1.54) is 0 Å². The average Bonchev–Trinajstić information content (AvgIpc) is 2.49. The number of aromatic amines is 1. The Morgan fingerprint density at radius 3 is 2.90 bits per heavy atom. The van der Waals surface area contributed by atoms with Gasteiger partial charge in [0.2, 0.25) is 0 Å². The summed E-state index contributed by atoms with van der Waals surface area (Å²) in [5, 5.41) is 4.33. The van der Waals surface area contributed by atoms with Gasteiger partial charge in [0.1, 0.15) is 0 Å². The summed E-state index contributed by atoms with van der Waals surface area (Å²) in [6.07, 6.45) is 3.57. The second-order valence-electron chi connectivity index (χ2n) is 5.18. The Balaban J connectivity index is 1.76. The van der Waals surface area contributed by atoms with E-state index in [2.05, 4.69) is 15.3 Å². The first-order valence-electron chi connectivity index (χ1n) is 6.94. The van der Waals surface area contributed by atoms with Crippen molar-refractivity contribution in [2.45, 2.75) is 20.0 Å². The van der Waals surface area contributed by atoms with Crippen LogP contribution >= 0.6 is 0 Å². The van der Waals surface area contributed by atoms with Crippen molar-refractivity contribution < 1.29 is 0 Å². The highest BCUT2D eigenvalue weighted by Crippen LogP contribution is 2.13. The normalized spacial score (nSPS) is 10.9. The fourth-order valence-corrected chi connectivity index (χ4v) is 2.34. The van der Waals surface area contributed by atoms with Crippen LogP contribution in [-0.2, 0) is 13.1 Å². The summed E-state index contributed by atoms with van der Waals surface area (Å²) < 4.78 is 0. The molecule has 3 aromatic rings. The number of H-pyrrole nitrogens is 1. The van der Waals surface area contributed by atoms with Gasteiger partial charge >= 0.3 is 0 Å². The van der Waals surface area contributed by atoms with E-state index in [0.29, 0.717) is 13.1 Å². The fraction of sp³-hybridized carbons (Fsp3) is 0.176. The van der Waals surface area contributed by atoms with Crippen molar-refractivity contribution in [1.82, 2.24) is 15.3 Å². The molecule has 1 aromatic carbocycles. The van der Waals surface area contributed by atoms with Crippen LogP contribution in [0.4, 0.5) is 0 Å². The number of pyridine rings is 2. The average molecular weight is 279 g/mol. The van der Waals surface area contributed by atoms with Crippen LogP contribution in [0.1, 0.15) is 16.7 Å². The molecule has 4 heteroatoms. The van der Waals surface area contributed by atoms with E-state index in [1.54, 1.807) is 6.20 Å². The second kappa shape index (κ2) is 5.89. The number of hydrogen-bond acceptors (Lipinski definition) is 3. The van der Waals surface area contributed by atoms with Crippen LogP contribution < -0.4 is 10.9 Å². The molecule has 2 heterocycles. The van der Waals surface area contributed by atoms with Gasteiger partial charge in [0.15, 0.2) is 0 Å². The Labute approximate surface area is 122 Å². The number of hydrogen-bond donors (Lipinski definition) is 2. The van der Waals surface area contributed by atoms with Gasteiger partial charge in [-0.1, -0.05) is 18.2 Å². The highest BCUT2D eigenvalue weighted by atomic mass is 16.1. The summed E-state index contributed by atoms with van der Waals surface area (Å²) in [4.78, 5) is 19.1. The lowest BCUT2D eigenvalue weighted by Gasteiger charge is -2.06. The maximum absolute atomic E-state index is 12.1. The quantitative estimate of drug-likeness (QED) is 0.771.